The Morgan fingerprint density at radius 3 is 2.52 bits per heavy atom. The summed E-state index contributed by atoms with van der Waals surface area (Å²) < 4.78 is 1.17. The van der Waals surface area contributed by atoms with Crippen molar-refractivity contribution in [3.63, 3.8) is 0 Å². The molecule has 0 saturated carbocycles. The van der Waals surface area contributed by atoms with Crippen LogP contribution in [0.2, 0.25) is 0 Å². The maximum Gasteiger partial charge on any atom is 0.277 e. The molecule has 142 valence electrons. The zero-order valence-electron chi connectivity index (χ0n) is 16.5. The highest BCUT2D eigenvalue weighted by Gasteiger charge is 2.17. The van der Waals surface area contributed by atoms with E-state index in [1.165, 1.54) is 20.7 Å². The maximum atomic E-state index is 12.6. The summed E-state index contributed by atoms with van der Waals surface area (Å²) in [7, 11) is 3.93. The summed E-state index contributed by atoms with van der Waals surface area (Å²) in [6, 6.07) is 16.8. The molecule has 1 atom stereocenters. The number of hydrogen-bond donors (Lipinski definition) is 1. The summed E-state index contributed by atoms with van der Waals surface area (Å²) in [6.07, 6.45) is 0. The van der Waals surface area contributed by atoms with E-state index in [1.807, 2.05) is 25.2 Å². The van der Waals surface area contributed by atoms with E-state index < -0.39 is 0 Å². The van der Waals surface area contributed by atoms with Crippen molar-refractivity contribution in [2.24, 2.45) is 0 Å². The van der Waals surface area contributed by atoms with Crippen molar-refractivity contribution in [1.29, 1.82) is 0 Å². The second kappa shape index (κ2) is 8.63. The average molecular weight is 383 g/mol. The number of para-hydroxylation sites is 1. The molecule has 3 rings (SSSR count). The second-order valence-electron chi connectivity index (χ2n) is 7.53. The van der Waals surface area contributed by atoms with Gasteiger partial charge in [0.1, 0.15) is 11.6 Å². The number of nitrogens with zero attached hydrogens (tertiary/aromatic N) is 2. The number of rotatable bonds is 7. The molecule has 0 saturated heterocycles. The predicted octanol–water partition coefficient (Wildman–Crippen LogP) is 3.09. The number of amides is 1. The van der Waals surface area contributed by atoms with Crippen LogP contribution in [0.3, 0.4) is 0 Å². The van der Waals surface area contributed by atoms with Gasteiger partial charge in [-0.25, -0.2) is 4.98 Å². The molecule has 1 amide bonds. The van der Waals surface area contributed by atoms with E-state index in [2.05, 4.69) is 56.2 Å². The van der Waals surface area contributed by atoms with Crippen molar-refractivity contribution in [3.8, 4) is 0 Å². The van der Waals surface area contributed by atoms with Crippen molar-refractivity contribution in [3.05, 3.63) is 64.7 Å². The van der Waals surface area contributed by atoms with Gasteiger partial charge in [0.15, 0.2) is 6.54 Å². The Balaban J connectivity index is 1.53. The number of likely N-dealkylation sites (N-methyl/N-ethyl adjacent to an activating group) is 2. The topological polar surface area (TPSA) is 37.6 Å². The third-order valence-corrected chi connectivity index (χ3v) is 5.76. The molecule has 0 fully saturated rings. The first-order valence-corrected chi connectivity index (χ1v) is 10.2. The number of benzene rings is 2. The minimum atomic E-state index is 0.144. The van der Waals surface area contributed by atoms with E-state index in [0.29, 0.717) is 19.0 Å². The van der Waals surface area contributed by atoms with Gasteiger partial charge in [-0.2, -0.15) is 0 Å². The number of carbonyl (C=O) groups is 1. The normalized spacial score (nSPS) is 12.5. The number of thiazole rings is 1. The van der Waals surface area contributed by atoms with Crippen molar-refractivity contribution >= 4 is 27.5 Å². The summed E-state index contributed by atoms with van der Waals surface area (Å²) in [5.74, 6) is 0.687. The van der Waals surface area contributed by atoms with Gasteiger partial charge >= 0.3 is 0 Å². The maximum absolute atomic E-state index is 12.6. The van der Waals surface area contributed by atoms with E-state index >= 15 is 0 Å². The third-order valence-electron chi connectivity index (χ3n) is 4.74. The summed E-state index contributed by atoms with van der Waals surface area (Å²) >= 11 is 1.66. The molecule has 4 nitrogen and oxygen atoms in total. The fourth-order valence-electron chi connectivity index (χ4n) is 3.10. The molecule has 1 N–H and O–H groups in total. The van der Waals surface area contributed by atoms with Crippen LogP contribution in [0.25, 0.3) is 10.2 Å². The first-order valence-electron chi connectivity index (χ1n) is 9.41. The molecular formula is C22H28N3OS+. The Labute approximate surface area is 165 Å². The van der Waals surface area contributed by atoms with Crippen LogP contribution in [-0.2, 0) is 17.9 Å². The highest BCUT2D eigenvalue weighted by molar-refractivity contribution is 7.18. The number of fused-ring (bicyclic) bond motifs is 1. The highest BCUT2D eigenvalue weighted by atomic mass is 32.1. The monoisotopic (exact) mass is 382 g/mol. The van der Waals surface area contributed by atoms with Crippen molar-refractivity contribution < 1.29 is 9.69 Å². The number of hydrogen-bond acceptors (Lipinski definition) is 3. The van der Waals surface area contributed by atoms with Crippen LogP contribution >= 0.6 is 11.3 Å². The molecule has 0 bridgehead atoms. The molecule has 1 heterocycles. The minimum Gasteiger partial charge on any atom is -0.334 e. The second-order valence-corrected chi connectivity index (χ2v) is 8.65. The standard InChI is InChI=1S/C22H27N3OS/c1-16(2)18-11-9-17(10-12-18)13-24(3)15-22(26)25(4)14-21-23-19-7-5-6-8-20(19)27-21/h5-12,16H,13-15H2,1-4H3/p+1. The number of aromatic nitrogens is 1. The van der Waals surface area contributed by atoms with Gasteiger partial charge in [0.25, 0.3) is 5.91 Å². The van der Waals surface area contributed by atoms with E-state index in [0.717, 1.165) is 17.1 Å². The zero-order valence-corrected chi connectivity index (χ0v) is 17.3. The Hall–Kier alpha value is -2.24. The van der Waals surface area contributed by atoms with Crippen molar-refractivity contribution in [1.82, 2.24) is 9.88 Å². The fraction of sp³-hybridized carbons (Fsp3) is 0.364. The number of carbonyl (C=O) groups excluding carboxylic acids is 1. The van der Waals surface area contributed by atoms with Crippen LogP contribution < -0.4 is 4.90 Å². The van der Waals surface area contributed by atoms with Crippen LogP contribution in [0.5, 0.6) is 0 Å². The first-order chi connectivity index (χ1) is 12.9. The smallest absolute Gasteiger partial charge is 0.277 e. The van der Waals surface area contributed by atoms with E-state index in [9.17, 15) is 4.79 Å². The summed E-state index contributed by atoms with van der Waals surface area (Å²) in [4.78, 5) is 20.2. The van der Waals surface area contributed by atoms with Crippen LogP contribution in [-0.4, -0.2) is 36.4 Å². The lowest BCUT2D eigenvalue weighted by Gasteiger charge is -2.19. The minimum absolute atomic E-state index is 0.144. The molecule has 27 heavy (non-hydrogen) atoms. The predicted molar refractivity (Wildman–Crippen MR) is 112 cm³/mol. The average Bonchev–Trinajstić information content (AvgIpc) is 3.04. The molecule has 0 radical (unpaired) electrons. The number of nitrogens with one attached hydrogen (secondary N) is 1. The lowest BCUT2D eigenvalue weighted by atomic mass is 10.0. The Kier molecular flexibility index (Phi) is 6.24. The molecule has 0 spiro atoms. The summed E-state index contributed by atoms with van der Waals surface area (Å²) in [6.45, 7) is 6.29. The highest BCUT2D eigenvalue weighted by Crippen LogP contribution is 2.22. The molecule has 3 aromatic rings. The third kappa shape index (κ3) is 5.15. The molecule has 0 aliphatic carbocycles. The molecular weight excluding hydrogens is 354 g/mol. The Morgan fingerprint density at radius 1 is 1.15 bits per heavy atom. The lowest BCUT2D eigenvalue weighted by Crippen LogP contribution is -3.08. The zero-order chi connectivity index (χ0) is 19.4. The van der Waals surface area contributed by atoms with Gasteiger partial charge in [-0.15, -0.1) is 11.3 Å². The summed E-state index contributed by atoms with van der Waals surface area (Å²) in [5.41, 5.74) is 3.62. The first kappa shape index (κ1) is 19.5. The van der Waals surface area contributed by atoms with Crippen LogP contribution in [0.1, 0.15) is 35.9 Å². The number of quaternary nitrogens is 1. The molecule has 0 aliphatic rings. The van der Waals surface area contributed by atoms with Gasteiger partial charge in [0.2, 0.25) is 0 Å². The van der Waals surface area contributed by atoms with E-state index in [-0.39, 0.29) is 5.91 Å². The summed E-state index contributed by atoms with van der Waals surface area (Å²) in [5, 5.41) is 0.981. The van der Waals surface area contributed by atoms with E-state index in [4.69, 9.17) is 0 Å². The Morgan fingerprint density at radius 2 is 1.85 bits per heavy atom. The van der Waals surface area contributed by atoms with Crippen LogP contribution in [0, 0.1) is 0 Å². The van der Waals surface area contributed by atoms with Crippen LogP contribution in [0.4, 0.5) is 0 Å². The molecule has 0 aliphatic heterocycles. The van der Waals surface area contributed by atoms with Crippen molar-refractivity contribution in [2.45, 2.75) is 32.9 Å². The van der Waals surface area contributed by atoms with Crippen molar-refractivity contribution in [2.75, 3.05) is 20.6 Å². The quantitative estimate of drug-likeness (QED) is 0.682. The van der Waals surface area contributed by atoms with Gasteiger partial charge in [-0.3, -0.25) is 4.79 Å². The van der Waals surface area contributed by atoms with Gasteiger partial charge in [0, 0.05) is 12.6 Å². The molecule has 2 aromatic carbocycles. The van der Waals surface area contributed by atoms with Gasteiger partial charge in [0.05, 0.1) is 23.8 Å². The fourth-order valence-corrected chi connectivity index (χ4v) is 4.12. The van der Waals surface area contributed by atoms with Gasteiger partial charge in [-0.1, -0.05) is 50.2 Å². The van der Waals surface area contributed by atoms with Gasteiger partial charge < -0.3 is 9.80 Å². The Bertz CT molecular complexity index is 868. The molecule has 5 heteroatoms. The van der Waals surface area contributed by atoms with Gasteiger partial charge in [-0.05, 0) is 23.6 Å². The SMILES string of the molecule is CC(C)c1ccc(C[NH+](C)CC(=O)N(C)Cc2nc3ccccc3s2)cc1. The molecule has 1 aromatic heterocycles. The lowest BCUT2D eigenvalue weighted by molar-refractivity contribution is -0.885. The van der Waals surface area contributed by atoms with E-state index in [1.54, 1.807) is 16.2 Å². The largest absolute Gasteiger partial charge is 0.334 e. The molecule has 1 unspecified atom stereocenters. The van der Waals surface area contributed by atoms with Crippen LogP contribution in [0.15, 0.2) is 48.5 Å².